The van der Waals surface area contributed by atoms with Gasteiger partial charge in [-0.3, -0.25) is 9.59 Å². The fraction of sp³-hybridized carbons (Fsp3) is 0.364. The van der Waals surface area contributed by atoms with Crippen LogP contribution in [0.4, 0.5) is 0 Å². The second-order valence-corrected chi connectivity index (χ2v) is 7.22. The number of ketones is 2. The fourth-order valence-electron chi connectivity index (χ4n) is 4.62. The molecule has 2 fully saturated rings. The largest absolute Gasteiger partial charge is 0.299 e. The summed E-state index contributed by atoms with van der Waals surface area (Å²) in [7, 11) is 0. The Bertz CT molecular complexity index is 742. The number of hydrogen-bond acceptors (Lipinski definition) is 2. The van der Waals surface area contributed by atoms with Gasteiger partial charge < -0.3 is 0 Å². The Morgan fingerprint density at radius 2 is 1.54 bits per heavy atom. The van der Waals surface area contributed by atoms with Crippen molar-refractivity contribution in [2.24, 2.45) is 11.3 Å². The molecule has 24 heavy (non-hydrogen) atoms. The second-order valence-electron chi connectivity index (χ2n) is 7.22. The van der Waals surface area contributed by atoms with Crippen molar-refractivity contribution in [3.05, 3.63) is 71.8 Å². The Kier molecular flexibility index (Phi) is 3.84. The molecule has 0 bridgehead atoms. The summed E-state index contributed by atoms with van der Waals surface area (Å²) in [6.45, 7) is 0. The van der Waals surface area contributed by atoms with Crippen LogP contribution in [0.3, 0.4) is 0 Å². The lowest BCUT2D eigenvalue weighted by molar-refractivity contribution is -0.113. The lowest BCUT2D eigenvalue weighted by Gasteiger charge is -2.18. The molecule has 0 unspecified atom stereocenters. The van der Waals surface area contributed by atoms with Crippen molar-refractivity contribution in [1.82, 2.24) is 0 Å². The van der Waals surface area contributed by atoms with Crippen LogP contribution in [0.5, 0.6) is 0 Å². The van der Waals surface area contributed by atoms with E-state index in [-0.39, 0.29) is 23.0 Å². The molecule has 0 amide bonds. The maximum atomic E-state index is 12.8. The first kappa shape index (κ1) is 15.3. The molecular weight excluding hydrogens is 296 g/mol. The highest BCUT2D eigenvalue weighted by molar-refractivity contribution is 6.06. The van der Waals surface area contributed by atoms with Gasteiger partial charge in [0.05, 0.1) is 0 Å². The summed E-state index contributed by atoms with van der Waals surface area (Å²) in [5.41, 5.74) is 1.76. The van der Waals surface area contributed by atoms with Crippen molar-refractivity contribution in [3.8, 4) is 0 Å². The summed E-state index contributed by atoms with van der Waals surface area (Å²) in [5.74, 6) is 0.589. The van der Waals surface area contributed by atoms with Crippen LogP contribution >= 0.6 is 0 Å². The summed E-state index contributed by atoms with van der Waals surface area (Å²) < 4.78 is 0. The van der Waals surface area contributed by atoms with E-state index in [1.54, 1.807) is 0 Å². The standard InChI is InChI=1S/C22H22O2/c23-19(17-11-5-2-6-12-17)15-18(16-9-3-1-4-10-16)20-21(24)22(20)13-7-8-14-22/h1-6,9-12,18,20H,7-8,13-15H2/t18-,20-/m0/s1. The van der Waals surface area contributed by atoms with Crippen LogP contribution in [0.15, 0.2) is 60.7 Å². The molecule has 2 aliphatic rings. The van der Waals surface area contributed by atoms with E-state index in [9.17, 15) is 9.59 Å². The quantitative estimate of drug-likeness (QED) is 0.742. The van der Waals surface area contributed by atoms with Crippen LogP contribution in [0, 0.1) is 11.3 Å². The van der Waals surface area contributed by atoms with Gasteiger partial charge in [-0.2, -0.15) is 0 Å². The van der Waals surface area contributed by atoms with Gasteiger partial charge in [-0.25, -0.2) is 0 Å². The van der Waals surface area contributed by atoms with E-state index in [0.29, 0.717) is 12.2 Å². The van der Waals surface area contributed by atoms with Gasteiger partial charge in [0.25, 0.3) is 0 Å². The third-order valence-corrected chi connectivity index (χ3v) is 5.91. The van der Waals surface area contributed by atoms with Crippen molar-refractivity contribution in [2.75, 3.05) is 0 Å². The van der Waals surface area contributed by atoms with E-state index >= 15 is 0 Å². The van der Waals surface area contributed by atoms with Crippen molar-refractivity contribution in [1.29, 1.82) is 0 Å². The SMILES string of the molecule is O=C(C[C@@H](c1ccccc1)[C@H]1C(=O)C12CCCC2)c1ccccc1. The second kappa shape index (κ2) is 6.01. The van der Waals surface area contributed by atoms with Crippen molar-refractivity contribution in [2.45, 2.75) is 38.0 Å². The maximum Gasteiger partial charge on any atom is 0.163 e. The number of carbonyl (C=O) groups excluding carboxylic acids is 2. The van der Waals surface area contributed by atoms with Gasteiger partial charge >= 0.3 is 0 Å². The number of Topliss-reactive ketones (excluding diaryl/α,β-unsaturated/α-hetero) is 2. The third-order valence-electron chi connectivity index (χ3n) is 5.91. The van der Waals surface area contributed by atoms with Crippen LogP contribution < -0.4 is 0 Å². The third kappa shape index (κ3) is 2.50. The molecule has 2 aromatic rings. The normalized spacial score (nSPS) is 22.5. The van der Waals surface area contributed by atoms with Crippen LogP contribution in [0.25, 0.3) is 0 Å². The highest BCUT2D eigenvalue weighted by Gasteiger charge is 2.67. The predicted octanol–water partition coefficient (Wildman–Crippen LogP) is 4.80. The van der Waals surface area contributed by atoms with Gasteiger partial charge in [-0.1, -0.05) is 73.5 Å². The van der Waals surface area contributed by atoms with E-state index in [1.807, 2.05) is 48.5 Å². The molecule has 0 radical (unpaired) electrons. The molecule has 0 aromatic heterocycles. The number of benzene rings is 2. The zero-order valence-electron chi connectivity index (χ0n) is 13.8. The van der Waals surface area contributed by atoms with Crippen LogP contribution in [0.2, 0.25) is 0 Å². The van der Waals surface area contributed by atoms with Gasteiger partial charge in [0, 0.05) is 29.2 Å². The summed E-state index contributed by atoms with van der Waals surface area (Å²) in [4.78, 5) is 25.4. The molecule has 2 saturated carbocycles. The Labute approximate surface area is 142 Å². The molecule has 0 aliphatic heterocycles. The zero-order chi connectivity index (χ0) is 16.6. The van der Waals surface area contributed by atoms with Crippen LogP contribution in [-0.4, -0.2) is 11.6 Å². The van der Waals surface area contributed by atoms with Crippen molar-refractivity contribution in [3.63, 3.8) is 0 Å². The minimum Gasteiger partial charge on any atom is -0.299 e. The first-order valence-electron chi connectivity index (χ1n) is 8.90. The number of carbonyl (C=O) groups is 2. The molecule has 1 spiro atoms. The lowest BCUT2D eigenvalue weighted by Crippen LogP contribution is -2.13. The van der Waals surface area contributed by atoms with E-state index in [2.05, 4.69) is 12.1 Å². The topological polar surface area (TPSA) is 34.1 Å². The lowest BCUT2D eigenvalue weighted by atomic mass is 9.83. The summed E-state index contributed by atoms with van der Waals surface area (Å²) in [5, 5.41) is 0. The molecule has 0 N–H and O–H groups in total. The summed E-state index contributed by atoms with van der Waals surface area (Å²) in [6.07, 6.45) is 4.75. The highest BCUT2D eigenvalue weighted by atomic mass is 16.1. The Hall–Kier alpha value is -2.22. The number of rotatable bonds is 5. The molecule has 0 heterocycles. The van der Waals surface area contributed by atoms with Crippen LogP contribution in [0.1, 0.15) is 53.9 Å². The van der Waals surface area contributed by atoms with Crippen LogP contribution in [-0.2, 0) is 4.79 Å². The summed E-state index contributed by atoms with van der Waals surface area (Å²) >= 11 is 0. The van der Waals surface area contributed by atoms with Gasteiger partial charge in [0.1, 0.15) is 5.78 Å². The molecule has 2 nitrogen and oxygen atoms in total. The molecule has 4 rings (SSSR count). The van der Waals surface area contributed by atoms with E-state index < -0.39 is 0 Å². The minimum absolute atomic E-state index is 0.0181. The smallest absolute Gasteiger partial charge is 0.163 e. The first-order chi connectivity index (χ1) is 11.7. The molecule has 2 heteroatoms. The maximum absolute atomic E-state index is 12.8. The molecule has 2 atom stereocenters. The molecule has 0 saturated heterocycles. The van der Waals surface area contributed by atoms with E-state index in [1.165, 1.54) is 0 Å². The first-order valence-corrected chi connectivity index (χ1v) is 8.90. The van der Waals surface area contributed by atoms with Gasteiger partial charge in [0.15, 0.2) is 5.78 Å². The molecular formula is C22H22O2. The van der Waals surface area contributed by atoms with E-state index in [4.69, 9.17) is 0 Å². The fourth-order valence-corrected chi connectivity index (χ4v) is 4.62. The highest BCUT2D eigenvalue weighted by Crippen LogP contribution is 2.64. The van der Waals surface area contributed by atoms with E-state index in [0.717, 1.165) is 36.8 Å². The average Bonchev–Trinajstić information content (AvgIpc) is 2.99. The Balaban J connectivity index is 1.63. The zero-order valence-corrected chi connectivity index (χ0v) is 13.8. The van der Waals surface area contributed by atoms with Gasteiger partial charge in [-0.15, -0.1) is 0 Å². The van der Waals surface area contributed by atoms with Crippen molar-refractivity contribution < 1.29 is 9.59 Å². The summed E-state index contributed by atoms with van der Waals surface area (Å²) in [6, 6.07) is 19.6. The van der Waals surface area contributed by atoms with Gasteiger partial charge in [0.2, 0.25) is 0 Å². The minimum atomic E-state index is -0.114. The molecule has 122 valence electrons. The molecule has 2 aromatic carbocycles. The van der Waals surface area contributed by atoms with Crippen molar-refractivity contribution >= 4 is 11.6 Å². The predicted molar refractivity (Wildman–Crippen MR) is 94.0 cm³/mol. The van der Waals surface area contributed by atoms with Gasteiger partial charge in [-0.05, 0) is 18.4 Å². The average molecular weight is 318 g/mol. The molecule has 2 aliphatic carbocycles. The Morgan fingerprint density at radius 3 is 2.17 bits per heavy atom. The number of hydrogen-bond donors (Lipinski definition) is 0. The monoisotopic (exact) mass is 318 g/mol. The Morgan fingerprint density at radius 1 is 0.958 bits per heavy atom.